The first kappa shape index (κ1) is 21.4. The Bertz CT molecular complexity index is 996. The van der Waals surface area contributed by atoms with Crippen LogP contribution in [0.2, 0.25) is 0 Å². The summed E-state index contributed by atoms with van der Waals surface area (Å²) < 4.78 is 21.1. The molecule has 3 rings (SSSR count). The third kappa shape index (κ3) is 5.21. The van der Waals surface area contributed by atoms with Gasteiger partial charge < -0.3 is 24.3 Å². The third-order valence-electron chi connectivity index (χ3n) is 4.48. The topological polar surface area (TPSA) is 78.9 Å². The van der Waals surface area contributed by atoms with Crippen molar-refractivity contribution in [1.29, 1.82) is 0 Å². The summed E-state index contributed by atoms with van der Waals surface area (Å²) in [6, 6.07) is 11.2. The summed E-state index contributed by atoms with van der Waals surface area (Å²) in [7, 11) is 6.38. The molecule has 0 aliphatic heterocycles. The van der Waals surface area contributed by atoms with Gasteiger partial charge in [-0.2, -0.15) is 0 Å². The second-order valence-electron chi connectivity index (χ2n) is 6.38. The van der Waals surface area contributed by atoms with Crippen molar-refractivity contribution in [3.63, 3.8) is 0 Å². The molecule has 0 atom stereocenters. The van der Waals surface area contributed by atoms with E-state index >= 15 is 0 Å². The van der Waals surface area contributed by atoms with Crippen molar-refractivity contribution in [2.75, 3.05) is 33.8 Å². The Morgan fingerprint density at radius 3 is 2.27 bits per heavy atom. The monoisotopic (exact) mass is 428 g/mol. The Hall–Kier alpha value is -3.26. The molecule has 0 radical (unpaired) electrons. The van der Waals surface area contributed by atoms with Gasteiger partial charge in [0.05, 0.1) is 34.1 Å². The van der Waals surface area contributed by atoms with Gasteiger partial charge in [-0.1, -0.05) is 0 Å². The van der Waals surface area contributed by atoms with Gasteiger partial charge in [0.15, 0.2) is 16.6 Å². The largest absolute Gasteiger partial charge is 0.497 e. The number of anilines is 1. The maximum Gasteiger partial charge on any atom is 0.226 e. The zero-order valence-corrected chi connectivity index (χ0v) is 18.2. The van der Waals surface area contributed by atoms with Crippen molar-refractivity contribution in [3.05, 3.63) is 47.3 Å². The average molecular weight is 429 g/mol. The molecule has 0 fully saturated rings. The molecule has 0 unspecified atom stereocenters. The number of hydrogen-bond donors (Lipinski definition) is 1. The van der Waals surface area contributed by atoms with Crippen molar-refractivity contribution in [1.82, 2.24) is 4.98 Å². The van der Waals surface area contributed by atoms with E-state index in [1.54, 1.807) is 34.5 Å². The van der Waals surface area contributed by atoms with Gasteiger partial charge in [0.2, 0.25) is 5.91 Å². The van der Waals surface area contributed by atoms with Gasteiger partial charge in [-0.15, -0.1) is 11.3 Å². The van der Waals surface area contributed by atoms with Crippen LogP contribution in [0.5, 0.6) is 23.0 Å². The number of aromatic nitrogens is 1. The van der Waals surface area contributed by atoms with E-state index < -0.39 is 0 Å². The van der Waals surface area contributed by atoms with E-state index in [-0.39, 0.29) is 5.91 Å². The molecule has 3 aromatic rings. The van der Waals surface area contributed by atoms with E-state index in [9.17, 15) is 4.79 Å². The van der Waals surface area contributed by atoms with E-state index in [1.165, 1.54) is 11.3 Å². The van der Waals surface area contributed by atoms with E-state index in [2.05, 4.69) is 10.3 Å². The molecule has 1 N–H and O–H groups in total. The van der Waals surface area contributed by atoms with Gasteiger partial charge >= 0.3 is 0 Å². The van der Waals surface area contributed by atoms with Crippen LogP contribution in [-0.4, -0.2) is 39.3 Å². The summed E-state index contributed by atoms with van der Waals surface area (Å²) >= 11 is 1.37. The fourth-order valence-electron chi connectivity index (χ4n) is 2.91. The van der Waals surface area contributed by atoms with Crippen LogP contribution in [0.15, 0.2) is 41.8 Å². The number of ether oxygens (including phenoxy) is 4. The molecule has 2 aromatic carbocycles. The lowest BCUT2D eigenvalue weighted by Crippen LogP contribution is -2.12. The lowest BCUT2D eigenvalue weighted by Gasteiger charge is -2.08. The maximum atomic E-state index is 12.4. The van der Waals surface area contributed by atoms with Crippen LogP contribution >= 0.6 is 11.3 Å². The number of carbonyl (C=O) groups is 1. The Kier molecular flexibility index (Phi) is 7.13. The molecular weight excluding hydrogens is 404 g/mol. The van der Waals surface area contributed by atoms with Gasteiger partial charge in [-0.05, 0) is 42.3 Å². The average Bonchev–Trinajstić information content (AvgIpc) is 3.25. The first-order valence-corrected chi connectivity index (χ1v) is 10.1. The first-order valence-electron chi connectivity index (χ1n) is 9.26. The van der Waals surface area contributed by atoms with Crippen molar-refractivity contribution in [3.8, 4) is 34.3 Å². The molecule has 1 aromatic heterocycles. The maximum absolute atomic E-state index is 12.4. The predicted molar refractivity (Wildman–Crippen MR) is 117 cm³/mol. The number of carbonyl (C=O) groups excluding carboxylic acids is 1. The summed E-state index contributed by atoms with van der Waals surface area (Å²) in [5, 5.41) is 5.30. The minimum absolute atomic E-state index is 0.106. The number of thiazole rings is 1. The fraction of sp³-hybridized carbons (Fsp3) is 0.273. The second kappa shape index (κ2) is 9.98. The van der Waals surface area contributed by atoms with Crippen LogP contribution in [-0.2, 0) is 11.2 Å². The standard InChI is InChI=1S/C22H24N2O5S/c1-26-16-9-14(10-17(12-16)27-2)5-8-21(25)24-22-23-18(13-30-22)15-6-7-19(28-3)20(11-15)29-4/h6-7,9-13H,5,8H2,1-4H3,(H,23,24,25). The van der Waals surface area contributed by atoms with Gasteiger partial charge in [-0.3, -0.25) is 4.79 Å². The summed E-state index contributed by atoms with van der Waals surface area (Å²) in [5.41, 5.74) is 2.60. The number of methoxy groups -OCH3 is 4. The zero-order chi connectivity index (χ0) is 21.5. The number of aryl methyl sites for hydroxylation is 1. The summed E-state index contributed by atoms with van der Waals surface area (Å²) in [6.07, 6.45) is 0.884. The molecule has 1 amide bonds. The molecule has 7 nitrogen and oxygen atoms in total. The van der Waals surface area contributed by atoms with E-state index in [0.717, 1.165) is 16.8 Å². The minimum atomic E-state index is -0.106. The SMILES string of the molecule is COc1cc(CCC(=O)Nc2nc(-c3ccc(OC)c(OC)c3)cs2)cc(OC)c1. The molecule has 158 valence electrons. The molecular formula is C22H24N2O5S. The van der Waals surface area contributed by atoms with Gasteiger partial charge in [0.25, 0.3) is 0 Å². The van der Waals surface area contributed by atoms with Crippen LogP contribution in [0.1, 0.15) is 12.0 Å². The highest BCUT2D eigenvalue weighted by Gasteiger charge is 2.12. The summed E-state index contributed by atoms with van der Waals surface area (Å²) in [4.78, 5) is 16.9. The highest BCUT2D eigenvalue weighted by atomic mass is 32.1. The highest BCUT2D eigenvalue weighted by Crippen LogP contribution is 2.33. The van der Waals surface area contributed by atoms with Crippen LogP contribution in [0.3, 0.4) is 0 Å². The molecule has 0 bridgehead atoms. The molecule has 1 heterocycles. The Morgan fingerprint density at radius 2 is 1.63 bits per heavy atom. The van der Waals surface area contributed by atoms with Crippen LogP contribution in [0.25, 0.3) is 11.3 Å². The minimum Gasteiger partial charge on any atom is -0.497 e. The highest BCUT2D eigenvalue weighted by molar-refractivity contribution is 7.14. The fourth-order valence-corrected chi connectivity index (χ4v) is 3.65. The van der Waals surface area contributed by atoms with E-state index in [0.29, 0.717) is 41.0 Å². The Labute approximate surface area is 179 Å². The van der Waals surface area contributed by atoms with E-state index in [1.807, 2.05) is 35.7 Å². The lowest BCUT2D eigenvalue weighted by atomic mass is 10.1. The number of hydrogen-bond acceptors (Lipinski definition) is 7. The Morgan fingerprint density at radius 1 is 0.933 bits per heavy atom. The quantitative estimate of drug-likeness (QED) is 0.544. The van der Waals surface area contributed by atoms with Crippen molar-refractivity contribution >= 4 is 22.4 Å². The summed E-state index contributed by atoms with van der Waals surface area (Å²) in [5.74, 6) is 2.57. The number of rotatable bonds is 9. The number of benzene rings is 2. The normalized spacial score (nSPS) is 10.4. The predicted octanol–water partition coefficient (Wildman–Crippen LogP) is 4.42. The van der Waals surface area contributed by atoms with Gasteiger partial charge in [-0.25, -0.2) is 4.98 Å². The second-order valence-corrected chi connectivity index (χ2v) is 7.23. The lowest BCUT2D eigenvalue weighted by molar-refractivity contribution is -0.116. The number of nitrogens with one attached hydrogen (secondary N) is 1. The molecule has 8 heteroatoms. The van der Waals surface area contributed by atoms with Crippen molar-refractivity contribution in [2.45, 2.75) is 12.8 Å². The van der Waals surface area contributed by atoms with Crippen LogP contribution in [0.4, 0.5) is 5.13 Å². The smallest absolute Gasteiger partial charge is 0.226 e. The number of amides is 1. The number of nitrogens with zero attached hydrogens (tertiary/aromatic N) is 1. The van der Waals surface area contributed by atoms with Crippen LogP contribution < -0.4 is 24.3 Å². The molecule has 0 aliphatic carbocycles. The van der Waals surface area contributed by atoms with Crippen molar-refractivity contribution in [2.24, 2.45) is 0 Å². The third-order valence-corrected chi connectivity index (χ3v) is 5.24. The zero-order valence-electron chi connectivity index (χ0n) is 17.4. The summed E-state index contributed by atoms with van der Waals surface area (Å²) in [6.45, 7) is 0. The van der Waals surface area contributed by atoms with E-state index in [4.69, 9.17) is 18.9 Å². The molecule has 0 saturated carbocycles. The molecule has 0 spiro atoms. The van der Waals surface area contributed by atoms with Gasteiger partial charge in [0, 0.05) is 23.4 Å². The van der Waals surface area contributed by atoms with Gasteiger partial charge in [0.1, 0.15) is 11.5 Å². The molecule has 0 aliphatic rings. The Balaban J connectivity index is 1.63. The van der Waals surface area contributed by atoms with Crippen LogP contribution in [0, 0.1) is 0 Å². The first-order chi connectivity index (χ1) is 14.6. The molecule has 0 saturated heterocycles. The van der Waals surface area contributed by atoms with Crippen molar-refractivity contribution < 1.29 is 23.7 Å². The molecule has 30 heavy (non-hydrogen) atoms.